The van der Waals surface area contributed by atoms with Gasteiger partial charge in [-0.25, -0.2) is 0 Å². The van der Waals surface area contributed by atoms with Crippen LogP contribution in [-0.4, -0.2) is 38.1 Å². The normalized spacial score (nSPS) is 13.2. The second-order valence-corrected chi connectivity index (χ2v) is 5.44. The zero-order chi connectivity index (χ0) is 16.0. The number of halogens is 1. The number of alkyl halides is 1. The third kappa shape index (κ3) is 3.81. The van der Waals surface area contributed by atoms with E-state index in [4.69, 9.17) is 14.2 Å². The quantitative estimate of drug-likeness (QED) is 0.760. The van der Waals surface area contributed by atoms with E-state index in [9.17, 15) is 4.79 Å². The largest absolute Gasteiger partial charge is 0.493 e. The van der Waals surface area contributed by atoms with Crippen molar-refractivity contribution >= 4 is 21.8 Å². The molecule has 0 spiro atoms. The van der Waals surface area contributed by atoms with Gasteiger partial charge in [0.15, 0.2) is 11.5 Å². The predicted molar refractivity (Wildman–Crippen MR) is 86.1 cm³/mol. The molecule has 118 valence electrons. The van der Waals surface area contributed by atoms with Gasteiger partial charge in [0, 0.05) is 10.9 Å². The number of nitrogens with one attached hydrogen (secondary N) is 1. The summed E-state index contributed by atoms with van der Waals surface area (Å²) in [7, 11) is 4.55. The van der Waals surface area contributed by atoms with Crippen LogP contribution in [0.4, 0.5) is 0 Å². The molecule has 6 heteroatoms. The van der Waals surface area contributed by atoms with Crippen LogP contribution in [0.5, 0.6) is 17.2 Å². The van der Waals surface area contributed by atoms with E-state index in [1.165, 1.54) is 21.3 Å². The van der Waals surface area contributed by atoms with Gasteiger partial charge in [-0.15, -0.1) is 0 Å². The molecule has 0 heterocycles. The van der Waals surface area contributed by atoms with Crippen LogP contribution in [0.25, 0.3) is 0 Å². The highest BCUT2D eigenvalue weighted by atomic mass is 79.9. The molecule has 1 N–H and O–H groups in total. The molecule has 0 saturated heterocycles. The van der Waals surface area contributed by atoms with E-state index in [2.05, 4.69) is 21.2 Å². The zero-order valence-electron chi connectivity index (χ0n) is 13.1. The highest BCUT2D eigenvalue weighted by Gasteiger charge is 2.27. The van der Waals surface area contributed by atoms with Crippen LogP contribution in [0.15, 0.2) is 12.1 Å². The lowest BCUT2D eigenvalue weighted by molar-refractivity contribution is 0.0909. The molecule has 0 radical (unpaired) electrons. The molecule has 0 aliphatic rings. The lowest BCUT2D eigenvalue weighted by Gasteiger charge is -2.28. The van der Waals surface area contributed by atoms with Gasteiger partial charge in [-0.2, -0.15) is 0 Å². The molecular formula is C15H22BrNO4. The Kier molecular flexibility index (Phi) is 6.33. The van der Waals surface area contributed by atoms with Gasteiger partial charge in [0.1, 0.15) is 0 Å². The van der Waals surface area contributed by atoms with Gasteiger partial charge in [0.25, 0.3) is 5.91 Å². The average molecular weight is 360 g/mol. The van der Waals surface area contributed by atoms with Crippen molar-refractivity contribution in [2.45, 2.75) is 25.8 Å². The number of amides is 1. The predicted octanol–water partition coefficient (Wildman–Crippen LogP) is 3.01. The van der Waals surface area contributed by atoms with E-state index in [0.29, 0.717) is 28.1 Å². The van der Waals surface area contributed by atoms with E-state index in [-0.39, 0.29) is 11.4 Å². The summed E-state index contributed by atoms with van der Waals surface area (Å²) in [5.74, 6) is 1.08. The van der Waals surface area contributed by atoms with Crippen molar-refractivity contribution in [3.8, 4) is 17.2 Å². The Balaban J connectivity index is 3.21. The second kappa shape index (κ2) is 7.54. The lowest BCUT2D eigenvalue weighted by atomic mass is 10.0. The minimum atomic E-state index is -0.324. The molecule has 0 aliphatic carbocycles. The standard InChI is InChI=1S/C15H22BrNO4/c1-6-15(2,9-16)17-14(18)10-7-8-11(19-3)13(21-5)12(10)20-4/h7-8H,6,9H2,1-5H3,(H,17,18). The summed E-state index contributed by atoms with van der Waals surface area (Å²) in [6, 6.07) is 3.35. The molecule has 21 heavy (non-hydrogen) atoms. The molecule has 0 aromatic heterocycles. The Morgan fingerprint density at radius 2 is 1.81 bits per heavy atom. The fourth-order valence-electron chi connectivity index (χ4n) is 1.84. The van der Waals surface area contributed by atoms with Crippen molar-refractivity contribution in [2.75, 3.05) is 26.7 Å². The van der Waals surface area contributed by atoms with Crippen molar-refractivity contribution in [3.63, 3.8) is 0 Å². The molecule has 1 unspecified atom stereocenters. The van der Waals surface area contributed by atoms with Crippen LogP contribution < -0.4 is 19.5 Å². The summed E-state index contributed by atoms with van der Waals surface area (Å²) in [6.07, 6.45) is 0.805. The van der Waals surface area contributed by atoms with Crippen LogP contribution in [-0.2, 0) is 0 Å². The van der Waals surface area contributed by atoms with E-state index in [1.807, 2.05) is 13.8 Å². The summed E-state index contributed by atoms with van der Waals surface area (Å²) in [6.45, 7) is 4.00. The first-order valence-corrected chi connectivity index (χ1v) is 7.75. The van der Waals surface area contributed by atoms with E-state index in [1.54, 1.807) is 12.1 Å². The maximum absolute atomic E-state index is 12.5. The highest BCUT2D eigenvalue weighted by molar-refractivity contribution is 9.09. The van der Waals surface area contributed by atoms with Crippen molar-refractivity contribution < 1.29 is 19.0 Å². The number of hydrogen-bond donors (Lipinski definition) is 1. The molecule has 0 bridgehead atoms. The minimum absolute atomic E-state index is 0.211. The molecule has 5 nitrogen and oxygen atoms in total. The van der Waals surface area contributed by atoms with E-state index >= 15 is 0 Å². The molecule has 1 aromatic rings. The van der Waals surface area contributed by atoms with Gasteiger partial charge >= 0.3 is 0 Å². The molecule has 1 aromatic carbocycles. The Bertz CT molecular complexity index is 501. The van der Waals surface area contributed by atoms with Gasteiger partial charge < -0.3 is 19.5 Å². The summed E-state index contributed by atoms with van der Waals surface area (Å²) >= 11 is 3.43. The lowest BCUT2D eigenvalue weighted by Crippen LogP contribution is -2.47. The Morgan fingerprint density at radius 3 is 2.24 bits per heavy atom. The fourth-order valence-corrected chi connectivity index (χ4v) is 2.37. The summed E-state index contributed by atoms with van der Waals surface area (Å²) in [5, 5.41) is 3.67. The number of ether oxygens (including phenoxy) is 3. The number of rotatable bonds is 7. The van der Waals surface area contributed by atoms with Gasteiger partial charge in [-0.1, -0.05) is 22.9 Å². The van der Waals surface area contributed by atoms with Crippen molar-refractivity contribution in [1.29, 1.82) is 0 Å². The molecule has 0 fully saturated rings. The van der Waals surface area contributed by atoms with Crippen molar-refractivity contribution in [2.24, 2.45) is 0 Å². The van der Waals surface area contributed by atoms with Crippen LogP contribution in [0.3, 0.4) is 0 Å². The first-order chi connectivity index (χ1) is 9.96. The maximum Gasteiger partial charge on any atom is 0.255 e. The monoisotopic (exact) mass is 359 g/mol. The molecule has 1 atom stereocenters. The first kappa shape index (κ1) is 17.6. The Labute approximate surface area is 134 Å². The van der Waals surface area contributed by atoms with Gasteiger partial charge in [-0.3, -0.25) is 4.79 Å². The van der Waals surface area contributed by atoms with Crippen LogP contribution in [0.2, 0.25) is 0 Å². The van der Waals surface area contributed by atoms with Gasteiger partial charge in [0.2, 0.25) is 5.75 Å². The maximum atomic E-state index is 12.5. The Hall–Kier alpha value is -1.43. The highest BCUT2D eigenvalue weighted by Crippen LogP contribution is 2.39. The van der Waals surface area contributed by atoms with E-state index in [0.717, 1.165) is 6.42 Å². The van der Waals surface area contributed by atoms with Crippen molar-refractivity contribution in [3.05, 3.63) is 17.7 Å². The molecular weight excluding hydrogens is 338 g/mol. The topological polar surface area (TPSA) is 56.8 Å². The van der Waals surface area contributed by atoms with Crippen molar-refractivity contribution in [1.82, 2.24) is 5.32 Å². The van der Waals surface area contributed by atoms with E-state index < -0.39 is 0 Å². The molecule has 0 aliphatic heterocycles. The number of carbonyl (C=O) groups is 1. The average Bonchev–Trinajstić information content (AvgIpc) is 2.52. The summed E-state index contributed by atoms with van der Waals surface area (Å²) < 4.78 is 15.8. The molecule has 1 amide bonds. The number of hydrogen-bond acceptors (Lipinski definition) is 4. The third-order valence-electron chi connectivity index (χ3n) is 3.44. The number of methoxy groups -OCH3 is 3. The third-order valence-corrected chi connectivity index (χ3v) is 4.68. The smallest absolute Gasteiger partial charge is 0.255 e. The zero-order valence-corrected chi connectivity index (χ0v) is 14.7. The summed E-state index contributed by atoms with van der Waals surface area (Å²) in [4.78, 5) is 12.5. The van der Waals surface area contributed by atoms with Gasteiger partial charge in [0.05, 0.1) is 26.9 Å². The number of carbonyl (C=O) groups excluding carboxylic acids is 1. The minimum Gasteiger partial charge on any atom is -0.493 e. The van der Waals surface area contributed by atoms with Crippen LogP contribution in [0.1, 0.15) is 30.6 Å². The second-order valence-electron chi connectivity index (χ2n) is 4.88. The molecule has 0 saturated carbocycles. The van der Waals surface area contributed by atoms with Crippen LogP contribution in [0, 0.1) is 0 Å². The summed E-state index contributed by atoms with van der Waals surface area (Å²) in [5.41, 5.74) is 0.0886. The van der Waals surface area contributed by atoms with Crippen LogP contribution >= 0.6 is 15.9 Å². The first-order valence-electron chi connectivity index (χ1n) is 6.63. The SMILES string of the molecule is CCC(C)(CBr)NC(=O)c1ccc(OC)c(OC)c1OC. The fraction of sp³-hybridized carbons (Fsp3) is 0.533. The Morgan fingerprint density at radius 1 is 1.19 bits per heavy atom. The van der Waals surface area contributed by atoms with Gasteiger partial charge in [-0.05, 0) is 25.5 Å². The molecule has 1 rings (SSSR count). The number of benzene rings is 1.